The number of aromatic nitrogens is 1. The molecule has 0 radical (unpaired) electrons. The molecule has 0 atom stereocenters. The maximum Gasteiger partial charge on any atom is 0.119 e. The first-order valence-electron chi connectivity index (χ1n) is 6.08. The van der Waals surface area contributed by atoms with Crippen LogP contribution < -0.4 is 4.74 Å². The Morgan fingerprint density at radius 3 is 2.74 bits per heavy atom. The van der Waals surface area contributed by atoms with Gasteiger partial charge in [-0.3, -0.25) is 0 Å². The molecule has 0 saturated carbocycles. The van der Waals surface area contributed by atoms with Crippen LogP contribution in [-0.4, -0.2) is 17.8 Å². The van der Waals surface area contributed by atoms with E-state index in [1.165, 1.54) is 4.90 Å². The summed E-state index contributed by atoms with van der Waals surface area (Å²) in [6, 6.07) is 8.18. The average Bonchev–Trinajstić information content (AvgIpc) is 2.92. The predicted molar refractivity (Wildman–Crippen MR) is 83.7 cm³/mol. The van der Waals surface area contributed by atoms with E-state index in [9.17, 15) is 0 Å². The lowest BCUT2D eigenvalue weighted by atomic mass is 10.3. The monoisotopic (exact) mass is 313 g/mol. The SMILES string of the molecule is CSc1ccc(OCCCc2nc(CCl)cs2)cc1. The van der Waals surface area contributed by atoms with Crippen LogP contribution in [-0.2, 0) is 12.3 Å². The van der Waals surface area contributed by atoms with Crippen molar-refractivity contribution in [3.8, 4) is 5.75 Å². The topological polar surface area (TPSA) is 22.1 Å². The number of hydrogen-bond donors (Lipinski definition) is 0. The Hall–Kier alpha value is -0.710. The fraction of sp³-hybridized carbons (Fsp3) is 0.357. The van der Waals surface area contributed by atoms with E-state index in [1.54, 1.807) is 23.1 Å². The smallest absolute Gasteiger partial charge is 0.119 e. The van der Waals surface area contributed by atoms with Gasteiger partial charge in [0.05, 0.1) is 23.2 Å². The van der Waals surface area contributed by atoms with Crippen LogP contribution in [0.5, 0.6) is 5.75 Å². The van der Waals surface area contributed by atoms with Gasteiger partial charge in [0.25, 0.3) is 0 Å². The summed E-state index contributed by atoms with van der Waals surface area (Å²) in [6.45, 7) is 0.717. The average molecular weight is 314 g/mol. The molecule has 2 rings (SSSR count). The molecule has 0 bridgehead atoms. The van der Waals surface area contributed by atoms with Crippen LogP contribution in [0.25, 0.3) is 0 Å². The Bertz CT molecular complexity index is 498. The van der Waals surface area contributed by atoms with Crippen molar-refractivity contribution in [2.45, 2.75) is 23.6 Å². The van der Waals surface area contributed by atoms with Crippen molar-refractivity contribution in [3.05, 3.63) is 40.3 Å². The molecule has 1 aromatic heterocycles. The summed E-state index contributed by atoms with van der Waals surface area (Å²) in [7, 11) is 0. The molecular formula is C14H16ClNOS2. The van der Waals surface area contributed by atoms with E-state index in [1.807, 2.05) is 17.5 Å². The Kier molecular flexibility index (Phi) is 6.01. The zero-order valence-electron chi connectivity index (χ0n) is 10.8. The number of benzene rings is 1. The van der Waals surface area contributed by atoms with Crippen molar-refractivity contribution >= 4 is 34.7 Å². The van der Waals surface area contributed by atoms with Crippen LogP contribution in [0.15, 0.2) is 34.5 Å². The standard InChI is InChI=1S/C14H16ClNOS2/c1-18-13-6-4-12(5-7-13)17-8-2-3-14-16-11(9-15)10-19-14/h4-7,10H,2-3,8-9H2,1H3. The molecule has 0 aliphatic heterocycles. The molecular weight excluding hydrogens is 298 g/mol. The van der Waals surface area contributed by atoms with E-state index in [4.69, 9.17) is 16.3 Å². The molecule has 0 fully saturated rings. The number of rotatable bonds is 7. The van der Waals surface area contributed by atoms with Crippen molar-refractivity contribution in [2.75, 3.05) is 12.9 Å². The number of thiazole rings is 1. The minimum absolute atomic E-state index is 0.495. The van der Waals surface area contributed by atoms with Crippen molar-refractivity contribution in [1.82, 2.24) is 4.98 Å². The van der Waals surface area contributed by atoms with E-state index in [2.05, 4.69) is 23.4 Å². The van der Waals surface area contributed by atoms with Gasteiger partial charge in [0, 0.05) is 16.7 Å². The molecule has 0 spiro atoms. The fourth-order valence-corrected chi connectivity index (χ4v) is 3.09. The minimum atomic E-state index is 0.495. The van der Waals surface area contributed by atoms with Gasteiger partial charge >= 0.3 is 0 Å². The summed E-state index contributed by atoms with van der Waals surface area (Å²) in [5, 5.41) is 3.15. The van der Waals surface area contributed by atoms with Gasteiger partial charge in [-0.15, -0.1) is 34.7 Å². The van der Waals surface area contributed by atoms with Gasteiger partial charge < -0.3 is 4.74 Å². The van der Waals surface area contributed by atoms with Crippen LogP contribution in [0.2, 0.25) is 0 Å². The van der Waals surface area contributed by atoms with Crippen LogP contribution >= 0.6 is 34.7 Å². The van der Waals surface area contributed by atoms with Gasteiger partial charge in [0.15, 0.2) is 0 Å². The molecule has 102 valence electrons. The number of hydrogen-bond acceptors (Lipinski definition) is 4. The number of thioether (sulfide) groups is 1. The molecule has 0 N–H and O–H groups in total. The van der Waals surface area contributed by atoms with E-state index in [0.717, 1.165) is 29.3 Å². The second kappa shape index (κ2) is 7.78. The van der Waals surface area contributed by atoms with E-state index in [0.29, 0.717) is 12.5 Å². The molecule has 0 aliphatic carbocycles. The molecule has 1 heterocycles. The van der Waals surface area contributed by atoms with Crippen molar-refractivity contribution in [3.63, 3.8) is 0 Å². The quantitative estimate of drug-likeness (QED) is 0.423. The molecule has 0 saturated heterocycles. The molecule has 5 heteroatoms. The largest absolute Gasteiger partial charge is 0.494 e. The normalized spacial score (nSPS) is 10.6. The molecule has 2 nitrogen and oxygen atoms in total. The summed E-state index contributed by atoms with van der Waals surface area (Å²) < 4.78 is 5.70. The highest BCUT2D eigenvalue weighted by Gasteiger charge is 2.01. The highest BCUT2D eigenvalue weighted by Crippen LogP contribution is 2.19. The Labute approximate surface area is 127 Å². The van der Waals surface area contributed by atoms with Gasteiger partial charge in [-0.25, -0.2) is 4.98 Å². The van der Waals surface area contributed by atoms with Gasteiger partial charge in [-0.05, 0) is 36.9 Å². The molecule has 2 aromatic rings. The van der Waals surface area contributed by atoms with Crippen LogP contribution in [0, 0.1) is 0 Å². The number of ether oxygens (including phenoxy) is 1. The number of alkyl halides is 1. The van der Waals surface area contributed by atoms with Crippen LogP contribution in [0.4, 0.5) is 0 Å². The maximum atomic E-state index is 5.72. The molecule has 0 unspecified atom stereocenters. The number of halogens is 1. The van der Waals surface area contributed by atoms with Crippen molar-refractivity contribution in [1.29, 1.82) is 0 Å². The predicted octanol–water partition coefficient (Wildman–Crippen LogP) is 4.62. The third-order valence-corrected chi connectivity index (χ3v) is 4.57. The summed E-state index contributed by atoms with van der Waals surface area (Å²) >= 11 is 9.13. The van der Waals surface area contributed by atoms with Gasteiger partial charge in [-0.2, -0.15) is 0 Å². The van der Waals surface area contributed by atoms with Crippen molar-refractivity contribution < 1.29 is 4.74 Å². The number of aryl methyl sites for hydroxylation is 1. The Balaban J connectivity index is 1.71. The van der Waals surface area contributed by atoms with Crippen molar-refractivity contribution in [2.24, 2.45) is 0 Å². The third kappa shape index (κ3) is 4.71. The lowest BCUT2D eigenvalue weighted by molar-refractivity contribution is 0.311. The summed E-state index contributed by atoms with van der Waals surface area (Å²) in [5.74, 6) is 1.42. The molecule has 0 amide bonds. The summed E-state index contributed by atoms with van der Waals surface area (Å²) in [5.41, 5.74) is 0.968. The van der Waals surface area contributed by atoms with Crippen LogP contribution in [0.1, 0.15) is 17.1 Å². The first kappa shape index (κ1) is 14.7. The third-order valence-electron chi connectivity index (χ3n) is 2.60. The Morgan fingerprint density at radius 1 is 1.32 bits per heavy atom. The zero-order valence-corrected chi connectivity index (χ0v) is 13.2. The lowest BCUT2D eigenvalue weighted by Gasteiger charge is -2.05. The first-order valence-corrected chi connectivity index (χ1v) is 8.72. The summed E-state index contributed by atoms with van der Waals surface area (Å²) in [4.78, 5) is 5.68. The zero-order chi connectivity index (χ0) is 13.5. The first-order chi connectivity index (χ1) is 9.31. The van der Waals surface area contributed by atoms with Crippen LogP contribution in [0.3, 0.4) is 0 Å². The van der Waals surface area contributed by atoms with E-state index >= 15 is 0 Å². The van der Waals surface area contributed by atoms with Gasteiger partial charge in [0.1, 0.15) is 5.75 Å². The second-order valence-electron chi connectivity index (χ2n) is 3.99. The number of nitrogens with zero attached hydrogens (tertiary/aromatic N) is 1. The highest BCUT2D eigenvalue weighted by molar-refractivity contribution is 7.98. The fourth-order valence-electron chi connectivity index (χ4n) is 1.61. The Morgan fingerprint density at radius 2 is 2.11 bits per heavy atom. The highest BCUT2D eigenvalue weighted by atomic mass is 35.5. The molecule has 19 heavy (non-hydrogen) atoms. The van der Waals surface area contributed by atoms with Gasteiger partial charge in [0.2, 0.25) is 0 Å². The second-order valence-corrected chi connectivity index (χ2v) is 6.08. The molecule has 1 aromatic carbocycles. The van der Waals surface area contributed by atoms with E-state index < -0.39 is 0 Å². The maximum absolute atomic E-state index is 5.72. The molecule has 0 aliphatic rings. The lowest BCUT2D eigenvalue weighted by Crippen LogP contribution is -1.99. The summed E-state index contributed by atoms with van der Waals surface area (Å²) in [6.07, 6.45) is 3.99. The van der Waals surface area contributed by atoms with Gasteiger partial charge in [-0.1, -0.05) is 0 Å². The minimum Gasteiger partial charge on any atom is -0.494 e. The van der Waals surface area contributed by atoms with E-state index in [-0.39, 0.29) is 0 Å².